The monoisotopic (exact) mass is 360 g/mol. The standard InChI is InChI=1S/C11H9IN2O4/c12-7-1-2-9(8(5-7)11(16)17)18-6-10(15)14-4-3-13/h1-2,5H,4,6H2,(H,14,15)(H,16,17). The highest BCUT2D eigenvalue weighted by molar-refractivity contribution is 14.1. The van der Waals surface area contributed by atoms with Gasteiger partial charge in [-0.1, -0.05) is 0 Å². The minimum absolute atomic E-state index is 0.00465. The number of carbonyl (C=O) groups is 2. The third-order valence-corrected chi connectivity index (χ3v) is 2.57. The summed E-state index contributed by atoms with van der Waals surface area (Å²) in [6.45, 7) is -0.441. The van der Waals surface area contributed by atoms with E-state index >= 15 is 0 Å². The van der Waals surface area contributed by atoms with Gasteiger partial charge >= 0.3 is 5.97 Å². The van der Waals surface area contributed by atoms with E-state index in [9.17, 15) is 9.59 Å². The number of amides is 1. The number of carboxylic acid groups (broad SMARTS) is 1. The Kier molecular flexibility index (Phi) is 5.38. The highest BCUT2D eigenvalue weighted by Crippen LogP contribution is 2.21. The Balaban J connectivity index is 2.70. The van der Waals surface area contributed by atoms with Crippen LogP contribution >= 0.6 is 22.6 Å². The van der Waals surface area contributed by atoms with Crippen molar-refractivity contribution in [3.63, 3.8) is 0 Å². The summed E-state index contributed by atoms with van der Waals surface area (Å²) in [6, 6.07) is 6.37. The smallest absolute Gasteiger partial charge is 0.339 e. The SMILES string of the molecule is N#CCNC(=O)COc1ccc(I)cc1C(=O)O. The fourth-order valence-electron chi connectivity index (χ4n) is 1.13. The summed E-state index contributed by atoms with van der Waals surface area (Å²) in [6.07, 6.45) is 0. The lowest BCUT2D eigenvalue weighted by molar-refractivity contribution is -0.122. The second-order valence-corrected chi connectivity index (χ2v) is 4.41. The van der Waals surface area contributed by atoms with Crippen LogP contribution in [0.25, 0.3) is 0 Å². The molecule has 6 nitrogen and oxygen atoms in total. The van der Waals surface area contributed by atoms with E-state index < -0.39 is 11.9 Å². The van der Waals surface area contributed by atoms with Gasteiger partial charge in [-0.3, -0.25) is 4.79 Å². The molecule has 7 heteroatoms. The number of halogens is 1. The highest BCUT2D eigenvalue weighted by Gasteiger charge is 2.13. The van der Waals surface area contributed by atoms with Crippen molar-refractivity contribution in [2.45, 2.75) is 0 Å². The highest BCUT2D eigenvalue weighted by atomic mass is 127. The van der Waals surface area contributed by atoms with Crippen LogP contribution in [0.4, 0.5) is 0 Å². The van der Waals surface area contributed by atoms with Gasteiger partial charge in [0.1, 0.15) is 17.9 Å². The maximum Gasteiger partial charge on any atom is 0.339 e. The first-order valence-corrected chi connectivity index (χ1v) is 5.91. The van der Waals surface area contributed by atoms with Crippen LogP contribution in [0.15, 0.2) is 18.2 Å². The Morgan fingerprint density at radius 1 is 1.50 bits per heavy atom. The van der Waals surface area contributed by atoms with Crippen molar-refractivity contribution in [1.82, 2.24) is 5.32 Å². The van der Waals surface area contributed by atoms with Gasteiger partial charge in [0.25, 0.3) is 5.91 Å². The molecule has 1 aromatic rings. The summed E-state index contributed by atoms with van der Waals surface area (Å²) < 4.78 is 5.86. The normalized spacial score (nSPS) is 9.33. The number of nitrogens with one attached hydrogen (secondary N) is 1. The van der Waals surface area contributed by atoms with Crippen molar-refractivity contribution in [3.8, 4) is 11.8 Å². The van der Waals surface area contributed by atoms with Gasteiger partial charge in [-0.05, 0) is 40.8 Å². The molecule has 0 bridgehead atoms. The lowest BCUT2D eigenvalue weighted by Crippen LogP contribution is -2.29. The largest absolute Gasteiger partial charge is 0.483 e. The van der Waals surface area contributed by atoms with E-state index in [1.807, 2.05) is 22.6 Å². The molecular formula is C11H9IN2O4. The molecule has 18 heavy (non-hydrogen) atoms. The van der Waals surface area contributed by atoms with Crippen LogP contribution in [-0.4, -0.2) is 30.1 Å². The number of aromatic carboxylic acids is 1. The van der Waals surface area contributed by atoms with Gasteiger partial charge in [-0.25, -0.2) is 4.79 Å². The van der Waals surface area contributed by atoms with E-state index in [-0.39, 0.29) is 24.5 Å². The van der Waals surface area contributed by atoms with Gasteiger partial charge < -0.3 is 15.2 Å². The number of carboxylic acids is 1. The first-order valence-electron chi connectivity index (χ1n) is 4.84. The van der Waals surface area contributed by atoms with Crippen LogP contribution < -0.4 is 10.1 Å². The molecule has 94 valence electrons. The van der Waals surface area contributed by atoms with Crippen LogP contribution in [0.1, 0.15) is 10.4 Å². The van der Waals surface area contributed by atoms with Crippen LogP contribution in [0.5, 0.6) is 5.75 Å². The van der Waals surface area contributed by atoms with Crippen LogP contribution in [0.3, 0.4) is 0 Å². The fraction of sp³-hybridized carbons (Fsp3) is 0.182. The second kappa shape index (κ2) is 6.80. The fourth-order valence-corrected chi connectivity index (χ4v) is 1.62. The van der Waals surface area contributed by atoms with Gasteiger partial charge in [0, 0.05) is 3.57 Å². The van der Waals surface area contributed by atoms with Crippen LogP contribution in [-0.2, 0) is 4.79 Å². The van der Waals surface area contributed by atoms with Gasteiger partial charge in [0.15, 0.2) is 6.61 Å². The predicted octanol–water partition coefficient (Wildman–Crippen LogP) is 1.01. The number of ether oxygens (including phenoxy) is 1. The molecule has 0 fully saturated rings. The van der Waals surface area contributed by atoms with Gasteiger partial charge in [0.2, 0.25) is 0 Å². The Morgan fingerprint density at radius 3 is 2.83 bits per heavy atom. The molecule has 0 atom stereocenters. The molecule has 0 saturated carbocycles. The van der Waals surface area contributed by atoms with E-state index in [0.717, 1.165) is 3.57 Å². The molecule has 1 aromatic carbocycles. The molecule has 0 heterocycles. The number of hydrogen-bond acceptors (Lipinski definition) is 4. The summed E-state index contributed by atoms with van der Waals surface area (Å²) >= 11 is 1.98. The van der Waals surface area contributed by atoms with E-state index in [2.05, 4.69) is 5.32 Å². The van der Waals surface area contributed by atoms with Crippen molar-refractivity contribution in [1.29, 1.82) is 5.26 Å². The molecule has 2 N–H and O–H groups in total. The zero-order valence-electron chi connectivity index (χ0n) is 9.14. The number of benzene rings is 1. The topological polar surface area (TPSA) is 99.4 Å². The van der Waals surface area contributed by atoms with E-state index in [1.54, 1.807) is 12.1 Å². The van der Waals surface area contributed by atoms with E-state index in [4.69, 9.17) is 15.1 Å². The summed E-state index contributed by atoms with van der Waals surface area (Å²) in [5.41, 5.74) is -0.00465. The zero-order valence-corrected chi connectivity index (χ0v) is 11.3. The summed E-state index contributed by atoms with van der Waals surface area (Å²) in [5, 5.41) is 19.5. The molecule has 0 aliphatic heterocycles. The Bertz CT molecular complexity index is 510. The Hall–Kier alpha value is -1.82. The molecular weight excluding hydrogens is 351 g/mol. The lowest BCUT2D eigenvalue weighted by Gasteiger charge is -2.08. The number of carbonyl (C=O) groups excluding carboxylic acids is 1. The predicted molar refractivity (Wildman–Crippen MR) is 70.2 cm³/mol. The Labute approximate surface area is 117 Å². The van der Waals surface area contributed by atoms with Crippen LogP contribution in [0, 0.1) is 14.9 Å². The molecule has 0 saturated heterocycles. The minimum atomic E-state index is -1.12. The number of nitrogens with zero attached hydrogens (tertiary/aromatic N) is 1. The molecule has 0 aliphatic rings. The van der Waals surface area contributed by atoms with Crippen molar-refractivity contribution >= 4 is 34.5 Å². The van der Waals surface area contributed by atoms with E-state index in [1.165, 1.54) is 12.1 Å². The van der Waals surface area contributed by atoms with Gasteiger partial charge in [-0.15, -0.1) is 0 Å². The maximum absolute atomic E-state index is 11.2. The molecule has 0 aliphatic carbocycles. The lowest BCUT2D eigenvalue weighted by atomic mass is 10.2. The van der Waals surface area contributed by atoms with Crippen LogP contribution in [0.2, 0.25) is 0 Å². The molecule has 0 unspecified atom stereocenters. The number of rotatable bonds is 5. The van der Waals surface area contributed by atoms with Crippen molar-refractivity contribution < 1.29 is 19.4 Å². The van der Waals surface area contributed by atoms with Gasteiger partial charge in [0.05, 0.1) is 6.07 Å². The minimum Gasteiger partial charge on any atom is -0.483 e. The first kappa shape index (κ1) is 14.2. The Morgan fingerprint density at radius 2 is 2.22 bits per heavy atom. The number of nitriles is 1. The number of hydrogen-bond donors (Lipinski definition) is 2. The molecule has 0 spiro atoms. The molecule has 0 aromatic heterocycles. The average molecular weight is 360 g/mol. The average Bonchev–Trinajstić information content (AvgIpc) is 2.34. The third kappa shape index (κ3) is 4.21. The van der Waals surface area contributed by atoms with Crippen molar-refractivity contribution in [2.75, 3.05) is 13.2 Å². The second-order valence-electron chi connectivity index (χ2n) is 3.17. The zero-order chi connectivity index (χ0) is 13.5. The third-order valence-electron chi connectivity index (χ3n) is 1.90. The quantitative estimate of drug-likeness (QED) is 0.603. The van der Waals surface area contributed by atoms with E-state index in [0.29, 0.717) is 0 Å². The van der Waals surface area contributed by atoms with Gasteiger partial charge in [-0.2, -0.15) is 5.26 Å². The van der Waals surface area contributed by atoms with Crippen molar-refractivity contribution in [2.24, 2.45) is 0 Å². The molecule has 0 radical (unpaired) electrons. The summed E-state index contributed by atoms with van der Waals surface area (Å²) in [5.74, 6) is -1.48. The summed E-state index contributed by atoms with van der Waals surface area (Å²) in [7, 11) is 0. The first-order chi connectivity index (χ1) is 8.54. The maximum atomic E-state index is 11.2. The van der Waals surface area contributed by atoms with Crippen molar-refractivity contribution in [3.05, 3.63) is 27.3 Å². The summed E-state index contributed by atoms with van der Waals surface area (Å²) in [4.78, 5) is 22.2. The molecule has 1 rings (SSSR count). The molecule has 1 amide bonds.